The molecule has 0 unspecified atom stereocenters. The van der Waals surface area contributed by atoms with Gasteiger partial charge in [0.2, 0.25) is 0 Å². The van der Waals surface area contributed by atoms with Crippen LogP contribution in [-0.2, 0) is 9.49 Å². The van der Waals surface area contributed by atoms with Crippen LogP contribution in [0, 0.1) is 0 Å². The van der Waals surface area contributed by atoms with E-state index >= 15 is 0 Å². The molecule has 7 heteroatoms. The van der Waals surface area contributed by atoms with Gasteiger partial charge in [-0.1, -0.05) is 6.07 Å². The number of hydrogen-bond donors (Lipinski definition) is 2. The number of carbonyl (C=O) groups is 1. The van der Waals surface area contributed by atoms with E-state index in [1.807, 2.05) is 5.48 Å². The highest BCUT2D eigenvalue weighted by atomic mass is 16.7. The number of amides is 1. The normalized spacial score (nSPS) is 10.8. The Bertz CT molecular complexity index is 366. The van der Waals surface area contributed by atoms with Gasteiger partial charge in [0.25, 0.3) is 0 Å². The Kier molecular flexibility index (Phi) is 4.48. The third-order valence-electron chi connectivity index (χ3n) is 1.62. The molecule has 0 aromatic carbocycles. The van der Waals surface area contributed by atoms with Crippen molar-refractivity contribution in [3.05, 3.63) is 24.5 Å². The average molecular weight is 238 g/mol. The molecule has 0 bridgehead atoms. The summed E-state index contributed by atoms with van der Waals surface area (Å²) < 4.78 is 9.65. The van der Waals surface area contributed by atoms with Crippen LogP contribution in [0.3, 0.4) is 0 Å². The highest BCUT2D eigenvalue weighted by Gasteiger charge is 2.21. The van der Waals surface area contributed by atoms with Crippen LogP contribution in [-0.4, -0.2) is 28.8 Å². The van der Waals surface area contributed by atoms with Crippen molar-refractivity contribution in [3.8, 4) is 0 Å². The van der Waals surface area contributed by atoms with Crippen LogP contribution in [0.15, 0.2) is 24.5 Å². The quantitative estimate of drug-likeness (QED) is 0.581. The predicted molar refractivity (Wildman–Crippen MR) is 62.3 cm³/mol. The zero-order valence-corrected chi connectivity index (χ0v) is 10.0. The summed E-state index contributed by atoms with van der Waals surface area (Å²) in [4.78, 5) is 15.0. The summed E-state index contributed by atoms with van der Waals surface area (Å²) in [5.74, 6) is 0. The predicted octanol–water partition coefficient (Wildman–Crippen LogP) is 0.225. The molecule has 2 N–H and O–H groups in total. The second-order valence-corrected chi connectivity index (χ2v) is 4.36. The Morgan fingerprint density at radius 2 is 2.24 bits per heavy atom. The van der Waals surface area contributed by atoms with Gasteiger partial charge >= 0.3 is 13.2 Å². The van der Waals surface area contributed by atoms with Crippen molar-refractivity contribution >= 4 is 18.7 Å². The average Bonchev–Trinajstić information content (AvgIpc) is 2.25. The molecule has 0 radical (unpaired) electrons. The van der Waals surface area contributed by atoms with E-state index in [1.165, 1.54) is 6.20 Å². The number of hydrogen-bond acceptors (Lipinski definition) is 5. The fraction of sp³-hybridized carbons (Fsp3) is 0.400. The van der Waals surface area contributed by atoms with Gasteiger partial charge in [-0.25, -0.2) is 10.3 Å². The first-order valence-corrected chi connectivity index (χ1v) is 5.11. The van der Waals surface area contributed by atoms with Gasteiger partial charge in [0.1, 0.15) is 5.60 Å². The SMILES string of the molecule is CC(C)(C)OC(=O)NOB(O)c1cccnc1. The zero-order valence-electron chi connectivity index (χ0n) is 10.0. The minimum absolute atomic E-state index is 0.434. The van der Waals surface area contributed by atoms with Crippen molar-refractivity contribution in [2.75, 3.05) is 0 Å². The first-order chi connectivity index (χ1) is 7.88. The maximum absolute atomic E-state index is 11.2. The second-order valence-electron chi connectivity index (χ2n) is 4.36. The van der Waals surface area contributed by atoms with Crippen LogP contribution < -0.4 is 10.9 Å². The fourth-order valence-corrected chi connectivity index (χ4v) is 0.993. The molecule has 1 amide bonds. The topological polar surface area (TPSA) is 80.7 Å². The Labute approximate surface area is 100 Å². The number of carbonyl (C=O) groups excluding carboxylic acids is 1. The molecule has 0 saturated carbocycles. The molecule has 6 nitrogen and oxygen atoms in total. The molecular formula is C10H15BN2O4. The van der Waals surface area contributed by atoms with E-state index in [9.17, 15) is 9.82 Å². The minimum atomic E-state index is -1.28. The van der Waals surface area contributed by atoms with Gasteiger partial charge in [-0.3, -0.25) is 9.74 Å². The summed E-state index contributed by atoms with van der Waals surface area (Å²) in [6.07, 6.45) is 2.24. The minimum Gasteiger partial charge on any atom is -0.442 e. The first-order valence-electron chi connectivity index (χ1n) is 5.11. The monoisotopic (exact) mass is 238 g/mol. The number of nitrogens with one attached hydrogen (secondary N) is 1. The van der Waals surface area contributed by atoms with Gasteiger partial charge in [-0.2, -0.15) is 0 Å². The molecule has 0 aliphatic rings. The molecule has 0 aliphatic carbocycles. The third-order valence-corrected chi connectivity index (χ3v) is 1.62. The molecule has 1 rings (SSSR count). The maximum atomic E-state index is 11.2. The number of ether oxygens (including phenoxy) is 1. The summed E-state index contributed by atoms with van der Waals surface area (Å²) in [7, 11) is -1.28. The number of hydroxylamine groups is 1. The van der Waals surface area contributed by atoms with Crippen molar-refractivity contribution in [1.82, 2.24) is 10.5 Å². The summed E-state index contributed by atoms with van der Waals surface area (Å²) in [6.45, 7) is 5.18. The van der Waals surface area contributed by atoms with Gasteiger partial charge in [-0.05, 0) is 26.8 Å². The Morgan fingerprint density at radius 1 is 1.53 bits per heavy atom. The highest BCUT2D eigenvalue weighted by molar-refractivity contribution is 6.59. The smallest absolute Gasteiger partial charge is 0.442 e. The van der Waals surface area contributed by atoms with Crippen LogP contribution in [0.2, 0.25) is 0 Å². The van der Waals surface area contributed by atoms with Crippen molar-refractivity contribution in [3.63, 3.8) is 0 Å². The first kappa shape index (κ1) is 13.5. The lowest BCUT2D eigenvalue weighted by Gasteiger charge is -2.19. The Hall–Kier alpha value is -1.60. The Morgan fingerprint density at radius 3 is 2.76 bits per heavy atom. The molecule has 1 aromatic heterocycles. The number of aromatic nitrogens is 1. The van der Waals surface area contributed by atoms with Gasteiger partial charge in [0, 0.05) is 17.9 Å². The summed E-state index contributed by atoms with van der Waals surface area (Å²) >= 11 is 0. The summed E-state index contributed by atoms with van der Waals surface area (Å²) in [6, 6.07) is 3.27. The molecule has 0 aliphatic heterocycles. The van der Waals surface area contributed by atoms with Gasteiger partial charge in [0.05, 0.1) is 0 Å². The molecule has 0 atom stereocenters. The van der Waals surface area contributed by atoms with Gasteiger partial charge in [-0.15, -0.1) is 0 Å². The molecule has 0 spiro atoms. The van der Waals surface area contributed by atoms with E-state index in [2.05, 4.69) is 4.98 Å². The van der Waals surface area contributed by atoms with Crippen molar-refractivity contribution < 1.29 is 19.3 Å². The molecule has 92 valence electrons. The third kappa shape index (κ3) is 5.32. The molecule has 0 fully saturated rings. The molecule has 0 saturated heterocycles. The lowest BCUT2D eigenvalue weighted by molar-refractivity contribution is 0.0251. The lowest BCUT2D eigenvalue weighted by atomic mass is 9.81. The van der Waals surface area contributed by atoms with E-state index in [1.54, 1.807) is 39.1 Å². The van der Waals surface area contributed by atoms with Gasteiger partial charge < -0.3 is 9.76 Å². The number of nitrogens with zero attached hydrogens (tertiary/aromatic N) is 1. The molecular weight excluding hydrogens is 223 g/mol. The van der Waals surface area contributed by atoms with Crippen molar-refractivity contribution in [2.45, 2.75) is 26.4 Å². The summed E-state index contributed by atoms with van der Waals surface area (Å²) in [5.41, 5.74) is 1.81. The van der Waals surface area contributed by atoms with E-state index in [-0.39, 0.29) is 0 Å². The highest BCUT2D eigenvalue weighted by Crippen LogP contribution is 2.06. The second kappa shape index (κ2) is 5.65. The van der Waals surface area contributed by atoms with Crippen LogP contribution >= 0.6 is 0 Å². The number of pyridine rings is 1. The summed E-state index contributed by atoms with van der Waals surface area (Å²) in [5, 5.41) is 9.54. The van der Waals surface area contributed by atoms with Crippen molar-refractivity contribution in [2.24, 2.45) is 0 Å². The van der Waals surface area contributed by atoms with E-state index in [0.29, 0.717) is 5.46 Å². The Balaban J connectivity index is 2.39. The fourth-order valence-electron chi connectivity index (χ4n) is 0.993. The van der Waals surface area contributed by atoms with E-state index in [4.69, 9.17) is 9.49 Å². The van der Waals surface area contributed by atoms with Crippen LogP contribution in [0.5, 0.6) is 0 Å². The standard InChI is InChI=1S/C10H15BN2O4/c1-10(2,3)16-9(14)13-17-11(15)8-5-4-6-12-7-8/h4-7,15H,1-3H3,(H,13,14). The number of rotatable bonds is 3. The van der Waals surface area contributed by atoms with Crippen LogP contribution in [0.25, 0.3) is 0 Å². The molecule has 1 aromatic rings. The molecule has 17 heavy (non-hydrogen) atoms. The zero-order chi connectivity index (χ0) is 12.9. The largest absolute Gasteiger partial charge is 0.516 e. The molecule has 1 heterocycles. The van der Waals surface area contributed by atoms with Crippen LogP contribution in [0.4, 0.5) is 4.79 Å². The van der Waals surface area contributed by atoms with Crippen molar-refractivity contribution in [1.29, 1.82) is 0 Å². The lowest BCUT2D eigenvalue weighted by Crippen LogP contribution is -2.42. The van der Waals surface area contributed by atoms with E-state index in [0.717, 1.165) is 0 Å². The van der Waals surface area contributed by atoms with Gasteiger partial charge in [0.15, 0.2) is 0 Å². The van der Waals surface area contributed by atoms with E-state index < -0.39 is 18.8 Å². The maximum Gasteiger partial charge on any atom is 0.516 e. The van der Waals surface area contributed by atoms with Crippen LogP contribution in [0.1, 0.15) is 20.8 Å².